The van der Waals surface area contributed by atoms with E-state index >= 15 is 0 Å². The molecule has 0 bridgehead atoms. The van der Waals surface area contributed by atoms with Gasteiger partial charge in [0.05, 0.1) is 17.0 Å². The second-order valence-electron chi connectivity index (χ2n) is 6.62. The van der Waals surface area contributed by atoms with Crippen molar-refractivity contribution in [3.05, 3.63) is 64.6 Å². The van der Waals surface area contributed by atoms with Crippen molar-refractivity contribution in [2.24, 2.45) is 0 Å². The number of hydrogen-bond acceptors (Lipinski definition) is 5. The van der Waals surface area contributed by atoms with Crippen molar-refractivity contribution in [1.82, 2.24) is 4.90 Å². The number of fused-ring (bicyclic) bond motifs is 1. The summed E-state index contributed by atoms with van der Waals surface area (Å²) >= 11 is 1.43. The predicted molar refractivity (Wildman–Crippen MR) is 104 cm³/mol. The summed E-state index contributed by atoms with van der Waals surface area (Å²) in [6.45, 7) is 4.42. The molecular formula is C21H19NO4S. The van der Waals surface area contributed by atoms with Crippen LogP contribution in [0.4, 0.5) is 0 Å². The number of amides is 2. The molecule has 0 spiro atoms. The van der Waals surface area contributed by atoms with Crippen molar-refractivity contribution in [3.63, 3.8) is 0 Å². The molecule has 0 aliphatic carbocycles. The minimum absolute atomic E-state index is 0.190. The number of rotatable bonds is 5. The van der Waals surface area contributed by atoms with E-state index in [1.807, 2.05) is 56.3 Å². The van der Waals surface area contributed by atoms with Crippen molar-refractivity contribution in [3.8, 4) is 11.5 Å². The number of carbonyl (C=O) groups excluding carboxylic acids is 2. The zero-order valence-corrected chi connectivity index (χ0v) is 15.9. The van der Waals surface area contributed by atoms with E-state index < -0.39 is 0 Å². The van der Waals surface area contributed by atoms with Gasteiger partial charge in [-0.25, -0.2) is 0 Å². The van der Waals surface area contributed by atoms with E-state index in [1.165, 1.54) is 16.7 Å². The molecule has 0 saturated heterocycles. The lowest BCUT2D eigenvalue weighted by Gasteiger charge is -2.15. The summed E-state index contributed by atoms with van der Waals surface area (Å²) in [5.74, 6) is 0.818. The average molecular weight is 381 g/mol. The largest absolute Gasteiger partial charge is 0.454 e. The van der Waals surface area contributed by atoms with Crippen LogP contribution in [0.1, 0.15) is 25.0 Å². The van der Waals surface area contributed by atoms with Gasteiger partial charge in [-0.05, 0) is 23.3 Å². The number of carbonyl (C=O) groups is 2. The van der Waals surface area contributed by atoms with Crippen LogP contribution in [0, 0.1) is 0 Å². The Bertz CT molecular complexity index is 936. The summed E-state index contributed by atoms with van der Waals surface area (Å²) in [5, 5.41) is 0.195. The lowest BCUT2D eigenvalue weighted by atomic mass is 10.1. The number of hydrogen-bond donors (Lipinski definition) is 0. The summed E-state index contributed by atoms with van der Waals surface area (Å²) in [5.41, 5.74) is 2.08. The molecule has 0 N–H and O–H groups in total. The Balaban J connectivity index is 1.66. The molecule has 0 saturated carbocycles. The van der Waals surface area contributed by atoms with Crippen molar-refractivity contribution < 1.29 is 19.1 Å². The second-order valence-corrected chi connectivity index (χ2v) is 8.21. The van der Waals surface area contributed by atoms with Gasteiger partial charge in [-0.1, -0.05) is 50.2 Å². The molecular weight excluding hydrogens is 362 g/mol. The van der Waals surface area contributed by atoms with Crippen molar-refractivity contribution >= 4 is 29.1 Å². The van der Waals surface area contributed by atoms with Gasteiger partial charge in [0.2, 0.25) is 6.79 Å². The fourth-order valence-electron chi connectivity index (χ4n) is 3.12. The van der Waals surface area contributed by atoms with E-state index in [4.69, 9.17) is 9.47 Å². The van der Waals surface area contributed by atoms with Crippen LogP contribution in [-0.2, 0) is 16.1 Å². The Morgan fingerprint density at radius 2 is 1.74 bits per heavy atom. The fourth-order valence-corrected chi connectivity index (χ4v) is 4.13. The van der Waals surface area contributed by atoms with Crippen LogP contribution in [0.3, 0.4) is 0 Å². The standard InChI is InChI=1S/C21H19NO4S/c1-13(2)27-19-18(15-6-4-3-5-7-15)20(23)22(21(19)24)11-14-8-9-16-17(10-14)26-12-25-16/h3-10,13H,11-12H2,1-2H3. The molecule has 2 aliphatic rings. The van der Waals surface area contributed by atoms with Crippen LogP contribution in [0.5, 0.6) is 11.5 Å². The van der Waals surface area contributed by atoms with E-state index in [-0.39, 0.29) is 30.4 Å². The predicted octanol–water partition coefficient (Wildman–Crippen LogP) is 3.84. The maximum Gasteiger partial charge on any atom is 0.268 e. The van der Waals surface area contributed by atoms with E-state index in [0.29, 0.717) is 22.0 Å². The molecule has 0 radical (unpaired) electrons. The van der Waals surface area contributed by atoms with Crippen molar-refractivity contribution in [2.75, 3.05) is 6.79 Å². The molecule has 6 heteroatoms. The lowest BCUT2D eigenvalue weighted by Crippen LogP contribution is -2.31. The zero-order chi connectivity index (χ0) is 19.0. The molecule has 2 amide bonds. The summed E-state index contributed by atoms with van der Waals surface area (Å²) in [7, 11) is 0. The average Bonchev–Trinajstić information content (AvgIpc) is 3.20. The lowest BCUT2D eigenvalue weighted by molar-refractivity contribution is -0.137. The molecule has 0 fully saturated rings. The molecule has 2 aromatic rings. The first-order chi connectivity index (χ1) is 13.0. The molecule has 0 unspecified atom stereocenters. The highest BCUT2D eigenvalue weighted by molar-refractivity contribution is 8.04. The first-order valence-electron chi connectivity index (χ1n) is 8.75. The third-order valence-electron chi connectivity index (χ3n) is 4.32. The fraction of sp³-hybridized carbons (Fsp3) is 0.238. The molecule has 2 aliphatic heterocycles. The highest BCUT2D eigenvalue weighted by Crippen LogP contribution is 2.39. The number of imide groups is 1. The Hall–Kier alpha value is -2.73. The first-order valence-corrected chi connectivity index (χ1v) is 9.63. The van der Waals surface area contributed by atoms with Gasteiger partial charge in [-0.15, -0.1) is 11.8 Å². The molecule has 0 aromatic heterocycles. The monoisotopic (exact) mass is 381 g/mol. The van der Waals surface area contributed by atoms with Gasteiger partial charge in [0.15, 0.2) is 11.5 Å². The Labute approximate surface area is 162 Å². The summed E-state index contributed by atoms with van der Waals surface area (Å²) < 4.78 is 10.7. The van der Waals surface area contributed by atoms with E-state index in [0.717, 1.165) is 11.1 Å². The summed E-state index contributed by atoms with van der Waals surface area (Å²) in [6, 6.07) is 14.8. The Kier molecular flexibility index (Phi) is 4.66. The van der Waals surface area contributed by atoms with Gasteiger partial charge >= 0.3 is 0 Å². The van der Waals surface area contributed by atoms with Crippen LogP contribution < -0.4 is 9.47 Å². The maximum atomic E-state index is 13.1. The molecule has 4 rings (SSSR count). The summed E-state index contributed by atoms with van der Waals surface area (Å²) in [4.78, 5) is 28.0. The SMILES string of the molecule is CC(C)SC1=C(c2ccccc2)C(=O)N(Cc2ccc3c(c2)OCO3)C1=O. The van der Waals surface area contributed by atoms with E-state index in [2.05, 4.69) is 0 Å². The quantitative estimate of drug-likeness (QED) is 0.737. The Morgan fingerprint density at radius 1 is 1.00 bits per heavy atom. The molecule has 2 heterocycles. The highest BCUT2D eigenvalue weighted by Gasteiger charge is 2.39. The second kappa shape index (κ2) is 7.12. The third kappa shape index (κ3) is 3.32. The van der Waals surface area contributed by atoms with Crippen LogP contribution in [-0.4, -0.2) is 28.8 Å². The maximum absolute atomic E-state index is 13.1. The smallest absolute Gasteiger partial charge is 0.268 e. The minimum atomic E-state index is -0.257. The number of nitrogens with zero attached hydrogens (tertiary/aromatic N) is 1. The third-order valence-corrected chi connectivity index (χ3v) is 5.41. The van der Waals surface area contributed by atoms with Crippen LogP contribution in [0.25, 0.3) is 5.57 Å². The molecule has 5 nitrogen and oxygen atoms in total. The van der Waals surface area contributed by atoms with Gasteiger partial charge in [0.1, 0.15) is 0 Å². The van der Waals surface area contributed by atoms with E-state index in [9.17, 15) is 9.59 Å². The van der Waals surface area contributed by atoms with Gasteiger partial charge in [-0.3, -0.25) is 14.5 Å². The number of thioether (sulfide) groups is 1. The molecule has 2 aromatic carbocycles. The molecule has 27 heavy (non-hydrogen) atoms. The first kappa shape index (κ1) is 17.7. The highest BCUT2D eigenvalue weighted by atomic mass is 32.2. The zero-order valence-electron chi connectivity index (χ0n) is 15.1. The van der Waals surface area contributed by atoms with Gasteiger partial charge in [-0.2, -0.15) is 0 Å². The normalized spacial score (nSPS) is 16.0. The molecule has 138 valence electrons. The topological polar surface area (TPSA) is 55.8 Å². The van der Waals surface area contributed by atoms with Crippen molar-refractivity contribution in [1.29, 1.82) is 0 Å². The van der Waals surface area contributed by atoms with Gasteiger partial charge in [0.25, 0.3) is 11.8 Å². The van der Waals surface area contributed by atoms with Gasteiger partial charge in [0, 0.05) is 5.25 Å². The van der Waals surface area contributed by atoms with Crippen LogP contribution in [0.2, 0.25) is 0 Å². The molecule has 0 atom stereocenters. The Morgan fingerprint density at radius 3 is 2.48 bits per heavy atom. The minimum Gasteiger partial charge on any atom is -0.454 e. The summed E-state index contributed by atoms with van der Waals surface area (Å²) in [6.07, 6.45) is 0. The number of benzene rings is 2. The van der Waals surface area contributed by atoms with Gasteiger partial charge < -0.3 is 9.47 Å². The number of ether oxygens (including phenoxy) is 2. The van der Waals surface area contributed by atoms with Crippen LogP contribution >= 0.6 is 11.8 Å². The van der Waals surface area contributed by atoms with Crippen LogP contribution in [0.15, 0.2) is 53.4 Å². The van der Waals surface area contributed by atoms with Crippen molar-refractivity contribution in [2.45, 2.75) is 25.6 Å². The van der Waals surface area contributed by atoms with E-state index in [1.54, 1.807) is 6.07 Å².